The van der Waals surface area contributed by atoms with Crippen molar-refractivity contribution in [2.45, 2.75) is 18.4 Å². The Balaban J connectivity index is 0.00000225. The molecule has 3 nitrogen and oxygen atoms in total. The van der Waals surface area contributed by atoms with Gasteiger partial charge < -0.3 is 10.6 Å². The van der Waals surface area contributed by atoms with E-state index in [-0.39, 0.29) is 29.9 Å². The molecule has 0 radical (unpaired) electrons. The molecule has 1 saturated heterocycles. The third kappa shape index (κ3) is 4.52. The van der Waals surface area contributed by atoms with Crippen LogP contribution >= 0.6 is 12.4 Å². The molecule has 2 unspecified atom stereocenters. The lowest BCUT2D eigenvalue weighted by Gasteiger charge is -2.33. The summed E-state index contributed by atoms with van der Waals surface area (Å²) in [5.41, 5.74) is 0.865. The molecule has 2 aromatic rings. The Bertz CT molecular complexity index is 757. The van der Waals surface area contributed by atoms with Crippen molar-refractivity contribution in [2.24, 2.45) is 0 Å². The number of halogens is 4. The number of benzene rings is 2. The van der Waals surface area contributed by atoms with Crippen LogP contribution in [0, 0.1) is 17.5 Å². The van der Waals surface area contributed by atoms with E-state index in [1.165, 1.54) is 30.3 Å². The lowest BCUT2D eigenvalue weighted by molar-refractivity contribution is 0.0924. The van der Waals surface area contributed by atoms with Gasteiger partial charge in [-0.1, -0.05) is 12.1 Å². The van der Waals surface area contributed by atoms with Crippen molar-refractivity contribution in [3.63, 3.8) is 0 Å². The van der Waals surface area contributed by atoms with Gasteiger partial charge in [0.05, 0.1) is 0 Å². The molecule has 1 aliphatic heterocycles. The molecule has 2 N–H and O–H groups in total. The maximum absolute atomic E-state index is 13.5. The summed E-state index contributed by atoms with van der Waals surface area (Å²) >= 11 is 0. The van der Waals surface area contributed by atoms with Crippen LogP contribution in [-0.2, 0) is 0 Å². The highest BCUT2D eigenvalue weighted by Crippen LogP contribution is 2.27. The maximum Gasteiger partial charge on any atom is 0.251 e. The summed E-state index contributed by atoms with van der Waals surface area (Å²) in [6.07, 6.45) is 0.680. The highest BCUT2D eigenvalue weighted by atomic mass is 35.5. The minimum absolute atomic E-state index is 0. The molecule has 0 spiro atoms. The van der Waals surface area contributed by atoms with Crippen molar-refractivity contribution in [3.8, 4) is 0 Å². The molecule has 1 fully saturated rings. The quantitative estimate of drug-likeness (QED) is 0.869. The van der Waals surface area contributed by atoms with Gasteiger partial charge in [-0.25, -0.2) is 13.2 Å². The van der Waals surface area contributed by atoms with Crippen LogP contribution < -0.4 is 10.6 Å². The van der Waals surface area contributed by atoms with Gasteiger partial charge in [-0.3, -0.25) is 4.79 Å². The van der Waals surface area contributed by atoms with Gasteiger partial charge in [0.25, 0.3) is 5.91 Å². The fourth-order valence-electron chi connectivity index (χ4n) is 3.03. The standard InChI is InChI=1S/C18H17F3N2O.ClH/c19-13-3-1-2-12(8-13)18(24)23-17-10-22-7-6-14(17)11-4-5-15(20)16(21)9-11;/h1-5,8-9,14,17,22H,6-7,10H2,(H,23,24);1H. The SMILES string of the molecule is Cl.O=C(NC1CNCCC1c1ccc(F)c(F)c1)c1cccc(F)c1. The predicted octanol–water partition coefficient (Wildman–Crippen LogP) is 3.40. The lowest BCUT2D eigenvalue weighted by Crippen LogP contribution is -2.50. The van der Waals surface area contributed by atoms with Crippen LogP contribution in [-0.4, -0.2) is 25.0 Å². The molecular weight excluding hydrogens is 353 g/mol. The Labute approximate surface area is 150 Å². The van der Waals surface area contributed by atoms with Gasteiger partial charge >= 0.3 is 0 Å². The molecular formula is C18H18ClF3N2O. The van der Waals surface area contributed by atoms with Crippen LogP contribution in [0.5, 0.6) is 0 Å². The molecule has 0 bridgehead atoms. The molecule has 3 rings (SSSR count). The molecule has 2 atom stereocenters. The first kappa shape index (κ1) is 19.3. The molecule has 0 aliphatic carbocycles. The van der Waals surface area contributed by atoms with Crippen molar-refractivity contribution < 1.29 is 18.0 Å². The Morgan fingerprint density at radius 2 is 1.88 bits per heavy atom. The Hall–Kier alpha value is -2.05. The van der Waals surface area contributed by atoms with Crippen LogP contribution in [0.4, 0.5) is 13.2 Å². The summed E-state index contributed by atoms with van der Waals surface area (Å²) in [6, 6.07) is 8.94. The van der Waals surface area contributed by atoms with Crippen LogP contribution in [0.1, 0.15) is 28.3 Å². The zero-order valence-electron chi connectivity index (χ0n) is 13.3. The van der Waals surface area contributed by atoms with Crippen molar-refractivity contribution in [3.05, 3.63) is 71.0 Å². The van der Waals surface area contributed by atoms with Gasteiger partial charge in [0, 0.05) is 24.1 Å². The fraction of sp³-hybridized carbons (Fsp3) is 0.278. The summed E-state index contributed by atoms with van der Waals surface area (Å²) in [5, 5.41) is 6.03. The summed E-state index contributed by atoms with van der Waals surface area (Å²) in [6.45, 7) is 1.22. The maximum atomic E-state index is 13.5. The Morgan fingerprint density at radius 1 is 1.08 bits per heavy atom. The summed E-state index contributed by atoms with van der Waals surface area (Å²) in [7, 11) is 0. The fourth-order valence-corrected chi connectivity index (χ4v) is 3.03. The van der Waals surface area contributed by atoms with Gasteiger partial charge in [-0.15, -0.1) is 12.4 Å². The minimum Gasteiger partial charge on any atom is -0.347 e. The number of piperidine rings is 1. The van der Waals surface area contributed by atoms with Crippen molar-refractivity contribution in [1.82, 2.24) is 10.6 Å². The monoisotopic (exact) mass is 370 g/mol. The second-order valence-electron chi connectivity index (χ2n) is 5.86. The van der Waals surface area contributed by atoms with E-state index in [0.29, 0.717) is 18.5 Å². The van der Waals surface area contributed by atoms with E-state index in [2.05, 4.69) is 10.6 Å². The van der Waals surface area contributed by atoms with Crippen LogP contribution in [0.15, 0.2) is 42.5 Å². The van der Waals surface area contributed by atoms with Gasteiger partial charge in [0.15, 0.2) is 11.6 Å². The van der Waals surface area contributed by atoms with Gasteiger partial charge in [-0.2, -0.15) is 0 Å². The normalized spacial score (nSPS) is 19.8. The highest BCUT2D eigenvalue weighted by molar-refractivity contribution is 5.94. The molecule has 25 heavy (non-hydrogen) atoms. The van der Waals surface area contributed by atoms with Crippen molar-refractivity contribution in [1.29, 1.82) is 0 Å². The number of rotatable bonds is 3. The summed E-state index contributed by atoms with van der Waals surface area (Å²) in [5.74, 6) is -2.81. The number of nitrogens with one attached hydrogen (secondary N) is 2. The van der Waals surface area contributed by atoms with E-state index < -0.39 is 23.4 Å². The molecule has 2 aromatic carbocycles. The second-order valence-corrected chi connectivity index (χ2v) is 5.86. The third-order valence-corrected chi connectivity index (χ3v) is 4.26. The second kappa shape index (κ2) is 8.36. The first-order valence-electron chi connectivity index (χ1n) is 7.76. The third-order valence-electron chi connectivity index (χ3n) is 4.26. The van der Waals surface area contributed by atoms with E-state index in [9.17, 15) is 18.0 Å². The minimum atomic E-state index is -0.902. The molecule has 1 aliphatic rings. The van der Waals surface area contributed by atoms with Crippen molar-refractivity contribution >= 4 is 18.3 Å². The number of amides is 1. The zero-order valence-corrected chi connectivity index (χ0v) is 14.1. The van der Waals surface area contributed by atoms with Crippen LogP contribution in [0.3, 0.4) is 0 Å². The smallest absolute Gasteiger partial charge is 0.251 e. The largest absolute Gasteiger partial charge is 0.347 e. The molecule has 1 heterocycles. The van der Waals surface area contributed by atoms with E-state index in [1.807, 2.05) is 0 Å². The molecule has 0 aromatic heterocycles. The number of hydrogen-bond donors (Lipinski definition) is 2. The molecule has 1 amide bonds. The first-order chi connectivity index (χ1) is 11.5. The van der Waals surface area contributed by atoms with Crippen LogP contribution in [0.25, 0.3) is 0 Å². The van der Waals surface area contributed by atoms with Gasteiger partial charge in [0.2, 0.25) is 0 Å². The van der Waals surface area contributed by atoms with Gasteiger partial charge in [-0.05, 0) is 48.9 Å². The summed E-state index contributed by atoms with van der Waals surface area (Å²) in [4.78, 5) is 12.3. The first-order valence-corrected chi connectivity index (χ1v) is 7.76. The number of carbonyl (C=O) groups excluding carboxylic acids is 1. The average Bonchev–Trinajstić information content (AvgIpc) is 2.58. The Morgan fingerprint density at radius 3 is 2.60 bits per heavy atom. The number of carbonyl (C=O) groups is 1. The Kier molecular flexibility index (Phi) is 6.45. The summed E-state index contributed by atoms with van der Waals surface area (Å²) < 4.78 is 39.9. The lowest BCUT2D eigenvalue weighted by atomic mass is 9.85. The molecule has 134 valence electrons. The van der Waals surface area contributed by atoms with Crippen LogP contribution in [0.2, 0.25) is 0 Å². The number of hydrogen-bond acceptors (Lipinski definition) is 2. The highest BCUT2D eigenvalue weighted by Gasteiger charge is 2.28. The zero-order chi connectivity index (χ0) is 17.1. The average molecular weight is 371 g/mol. The topological polar surface area (TPSA) is 41.1 Å². The van der Waals surface area contributed by atoms with E-state index in [4.69, 9.17) is 0 Å². The predicted molar refractivity (Wildman–Crippen MR) is 91.5 cm³/mol. The molecule has 7 heteroatoms. The van der Waals surface area contributed by atoms with Gasteiger partial charge in [0.1, 0.15) is 5.82 Å². The van der Waals surface area contributed by atoms with E-state index in [0.717, 1.165) is 18.7 Å². The van der Waals surface area contributed by atoms with E-state index >= 15 is 0 Å². The van der Waals surface area contributed by atoms with E-state index in [1.54, 1.807) is 0 Å². The molecule has 0 saturated carbocycles. The van der Waals surface area contributed by atoms with Crippen molar-refractivity contribution in [2.75, 3.05) is 13.1 Å².